The number of hydrogen-bond donors (Lipinski definition) is 1. The van der Waals surface area contributed by atoms with E-state index in [1.54, 1.807) is 18.5 Å². The van der Waals surface area contributed by atoms with Crippen LogP contribution < -0.4 is 10.1 Å². The van der Waals surface area contributed by atoms with E-state index in [4.69, 9.17) is 4.74 Å². The van der Waals surface area contributed by atoms with Crippen LogP contribution in [0.5, 0.6) is 11.5 Å². The standard InChI is InChI=1S/C16H18F2N2O/c1-11(2)8-20-10-12-9-19-4-3-16(12)21-15-6-13(17)5-14(18)7-15/h3-7,9,11,20H,8,10H2,1-2H3. The molecule has 0 aliphatic rings. The molecule has 1 aromatic heterocycles. The Balaban J connectivity index is 2.12. The monoisotopic (exact) mass is 292 g/mol. The van der Waals surface area contributed by atoms with Crippen molar-refractivity contribution in [1.29, 1.82) is 0 Å². The number of rotatable bonds is 6. The number of aromatic nitrogens is 1. The van der Waals surface area contributed by atoms with E-state index in [2.05, 4.69) is 24.1 Å². The largest absolute Gasteiger partial charge is 0.457 e. The summed E-state index contributed by atoms with van der Waals surface area (Å²) in [6.07, 6.45) is 3.26. The van der Waals surface area contributed by atoms with Crippen molar-refractivity contribution in [3.63, 3.8) is 0 Å². The maximum atomic E-state index is 13.2. The number of nitrogens with zero attached hydrogens (tertiary/aromatic N) is 1. The van der Waals surface area contributed by atoms with Gasteiger partial charge >= 0.3 is 0 Å². The van der Waals surface area contributed by atoms with Gasteiger partial charge in [0.2, 0.25) is 0 Å². The Bertz CT molecular complexity index is 582. The Labute approximate surface area is 123 Å². The summed E-state index contributed by atoms with van der Waals surface area (Å²) in [6, 6.07) is 4.78. The summed E-state index contributed by atoms with van der Waals surface area (Å²) < 4.78 is 31.9. The molecule has 5 heteroatoms. The fraction of sp³-hybridized carbons (Fsp3) is 0.312. The van der Waals surface area contributed by atoms with E-state index in [1.165, 1.54) is 0 Å². The van der Waals surface area contributed by atoms with Gasteiger partial charge in [-0.05, 0) is 18.5 Å². The predicted molar refractivity (Wildman–Crippen MR) is 77.2 cm³/mol. The number of pyridine rings is 1. The third-order valence-corrected chi connectivity index (χ3v) is 2.79. The van der Waals surface area contributed by atoms with Crippen LogP contribution in [-0.2, 0) is 6.54 Å². The van der Waals surface area contributed by atoms with Gasteiger partial charge in [0, 0.05) is 42.7 Å². The van der Waals surface area contributed by atoms with Crippen LogP contribution >= 0.6 is 0 Å². The summed E-state index contributed by atoms with van der Waals surface area (Å²) in [5, 5.41) is 3.28. The zero-order valence-corrected chi connectivity index (χ0v) is 12.1. The fourth-order valence-corrected chi connectivity index (χ4v) is 1.86. The van der Waals surface area contributed by atoms with E-state index >= 15 is 0 Å². The van der Waals surface area contributed by atoms with E-state index in [9.17, 15) is 8.78 Å². The minimum atomic E-state index is -0.668. The first-order chi connectivity index (χ1) is 10.0. The molecule has 1 heterocycles. The molecular weight excluding hydrogens is 274 g/mol. The Morgan fingerprint density at radius 3 is 2.57 bits per heavy atom. The van der Waals surface area contributed by atoms with Crippen LogP contribution in [0.15, 0.2) is 36.7 Å². The smallest absolute Gasteiger partial charge is 0.134 e. The zero-order valence-electron chi connectivity index (χ0n) is 12.1. The van der Waals surface area contributed by atoms with Crippen molar-refractivity contribution in [3.8, 4) is 11.5 Å². The molecule has 0 aliphatic carbocycles. The van der Waals surface area contributed by atoms with Crippen molar-refractivity contribution in [1.82, 2.24) is 10.3 Å². The highest BCUT2D eigenvalue weighted by Crippen LogP contribution is 2.25. The Morgan fingerprint density at radius 2 is 1.90 bits per heavy atom. The van der Waals surface area contributed by atoms with Crippen molar-refractivity contribution in [2.75, 3.05) is 6.54 Å². The molecule has 0 spiro atoms. The first kappa shape index (κ1) is 15.4. The maximum Gasteiger partial charge on any atom is 0.134 e. The lowest BCUT2D eigenvalue weighted by atomic mass is 10.2. The van der Waals surface area contributed by atoms with Gasteiger partial charge < -0.3 is 10.1 Å². The first-order valence-electron chi connectivity index (χ1n) is 6.82. The lowest BCUT2D eigenvalue weighted by Gasteiger charge is -2.12. The fourth-order valence-electron chi connectivity index (χ4n) is 1.86. The second-order valence-corrected chi connectivity index (χ2v) is 5.22. The summed E-state index contributed by atoms with van der Waals surface area (Å²) in [6.45, 7) is 5.68. The van der Waals surface area contributed by atoms with Crippen molar-refractivity contribution in [3.05, 3.63) is 53.9 Å². The molecule has 0 atom stereocenters. The number of hydrogen-bond acceptors (Lipinski definition) is 3. The molecule has 0 bridgehead atoms. The average Bonchev–Trinajstić information content (AvgIpc) is 2.39. The van der Waals surface area contributed by atoms with Crippen molar-refractivity contribution in [2.45, 2.75) is 20.4 Å². The number of benzene rings is 1. The minimum Gasteiger partial charge on any atom is -0.457 e. The van der Waals surface area contributed by atoms with E-state index in [0.717, 1.165) is 30.3 Å². The SMILES string of the molecule is CC(C)CNCc1cnccc1Oc1cc(F)cc(F)c1. The van der Waals surface area contributed by atoms with Gasteiger partial charge in [-0.25, -0.2) is 8.78 Å². The zero-order chi connectivity index (χ0) is 15.2. The first-order valence-corrected chi connectivity index (χ1v) is 6.82. The molecular formula is C16H18F2N2O. The highest BCUT2D eigenvalue weighted by molar-refractivity contribution is 5.36. The molecule has 3 nitrogen and oxygen atoms in total. The van der Waals surface area contributed by atoms with E-state index in [-0.39, 0.29) is 5.75 Å². The lowest BCUT2D eigenvalue weighted by Crippen LogP contribution is -2.19. The van der Waals surface area contributed by atoms with Crippen LogP contribution in [0.4, 0.5) is 8.78 Å². The van der Waals surface area contributed by atoms with Crippen molar-refractivity contribution >= 4 is 0 Å². The quantitative estimate of drug-likeness (QED) is 0.877. The van der Waals surface area contributed by atoms with Crippen LogP contribution in [0.2, 0.25) is 0 Å². The van der Waals surface area contributed by atoms with E-state index < -0.39 is 11.6 Å². The summed E-state index contributed by atoms with van der Waals surface area (Å²) in [5.41, 5.74) is 0.836. The molecule has 0 aliphatic heterocycles. The van der Waals surface area contributed by atoms with Crippen LogP contribution in [0, 0.1) is 17.6 Å². The Kier molecular flexibility index (Phi) is 5.22. The van der Waals surface area contributed by atoms with Crippen molar-refractivity contribution in [2.24, 2.45) is 5.92 Å². The normalized spacial score (nSPS) is 10.9. The lowest BCUT2D eigenvalue weighted by molar-refractivity contribution is 0.456. The highest BCUT2D eigenvalue weighted by Gasteiger charge is 2.07. The predicted octanol–water partition coefficient (Wildman–Crippen LogP) is 3.90. The molecule has 0 unspecified atom stereocenters. The van der Waals surface area contributed by atoms with Crippen LogP contribution in [0.3, 0.4) is 0 Å². The van der Waals surface area contributed by atoms with Gasteiger partial charge in [-0.3, -0.25) is 4.98 Å². The summed E-state index contributed by atoms with van der Waals surface area (Å²) in [4.78, 5) is 4.05. The van der Waals surface area contributed by atoms with Gasteiger partial charge in [-0.2, -0.15) is 0 Å². The number of halogens is 2. The highest BCUT2D eigenvalue weighted by atomic mass is 19.1. The second-order valence-electron chi connectivity index (χ2n) is 5.22. The number of ether oxygens (including phenoxy) is 1. The molecule has 0 radical (unpaired) electrons. The molecule has 0 amide bonds. The molecule has 0 fully saturated rings. The summed E-state index contributed by atoms with van der Waals surface area (Å²) >= 11 is 0. The molecule has 21 heavy (non-hydrogen) atoms. The average molecular weight is 292 g/mol. The molecule has 2 aromatic rings. The summed E-state index contributed by atoms with van der Waals surface area (Å²) in [7, 11) is 0. The van der Waals surface area contributed by atoms with E-state index in [0.29, 0.717) is 18.2 Å². The Morgan fingerprint density at radius 1 is 1.19 bits per heavy atom. The molecule has 0 saturated carbocycles. The molecule has 112 valence electrons. The second kappa shape index (κ2) is 7.13. The van der Waals surface area contributed by atoms with Crippen molar-refractivity contribution < 1.29 is 13.5 Å². The van der Waals surface area contributed by atoms with Crippen LogP contribution in [0.1, 0.15) is 19.4 Å². The summed E-state index contributed by atoms with van der Waals surface area (Å²) in [5.74, 6) is -0.143. The van der Waals surface area contributed by atoms with Gasteiger partial charge in [0.25, 0.3) is 0 Å². The van der Waals surface area contributed by atoms with Crippen LogP contribution in [0.25, 0.3) is 0 Å². The van der Waals surface area contributed by atoms with Gasteiger partial charge in [0.1, 0.15) is 23.1 Å². The van der Waals surface area contributed by atoms with Gasteiger partial charge in [-0.15, -0.1) is 0 Å². The van der Waals surface area contributed by atoms with Gasteiger partial charge in [-0.1, -0.05) is 13.8 Å². The van der Waals surface area contributed by atoms with Crippen LogP contribution in [-0.4, -0.2) is 11.5 Å². The molecule has 2 rings (SSSR count). The topological polar surface area (TPSA) is 34.2 Å². The van der Waals surface area contributed by atoms with Gasteiger partial charge in [0.05, 0.1) is 0 Å². The molecule has 0 saturated heterocycles. The minimum absolute atomic E-state index is 0.129. The van der Waals surface area contributed by atoms with Gasteiger partial charge in [0.15, 0.2) is 0 Å². The maximum absolute atomic E-state index is 13.2. The van der Waals surface area contributed by atoms with E-state index in [1.807, 2.05) is 0 Å². The third-order valence-electron chi connectivity index (χ3n) is 2.79. The molecule has 1 N–H and O–H groups in total. The molecule has 1 aromatic carbocycles. The third kappa shape index (κ3) is 4.79. The number of nitrogens with one attached hydrogen (secondary N) is 1. The Hall–Kier alpha value is -2.01.